The molecular formula is C21H25ClN2O2. The van der Waals surface area contributed by atoms with Crippen LogP contribution in [0.5, 0.6) is 0 Å². The molecule has 138 valence electrons. The zero-order valence-electron chi connectivity index (χ0n) is 15.4. The Kier molecular flexibility index (Phi) is 7.22. The first-order chi connectivity index (χ1) is 12.4. The highest BCUT2D eigenvalue weighted by molar-refractivity contribution is 6.30. The number of hydrogen-bond acceptors (Lipinski definition) is 2. The summed E-state index contributed by atoms with van der Waals surface area (Å²) in [6, 6.07) is 12.8. The molecule has 0 atom stereocenters. The molecule has 0 aromatic heterocycles. The van der Waals surface area contributed by atoms with Crippen LogP contribution in [0.25, 0.3) is 0 Å². The summed E-state index contributed by atoms with van der Waals surface area (Å²) in [6.45, 7) is 6.65. The highest BCUT2D eigenvalue weighted by atomic mass is 35.5. The Bertz CT molecular complexity index is 770. The first-order valence-corrected chi connectivity index (χ1v) is 9.19. The summed E-state index contributed by atoms with van der Waals surface area (Å²) in [7, 11) is 0. The van der Waals surface area contributed by atoms with Crippen LogP contribution in [0.3, 0.4) is 0 Å². The van der Waals surface area contributed by atoms with E-state index in [4.69, 9.17) is 11.6 Å². The smallest absolute Gasteiger partial charge is 0.251 e. The number of benzene rings is 2. The molecule has 0 saturated heterocycles. The second-order valence-electron chi connectivity index (χ2n) is 6.61. The van der Waals surface area contributed by atoms with Crippen molar-refractivity contribution >= 4 is 29.1 Å². The van der Waals surface area contributed by atoms with E-state index in [0.29, 0.717) is 35.9 Å². The fourth-order valence-corrected chi connectivity index (χ4v) is 2.82. The van der Waals surface area contributed by atoms with E-state index >= 15 is 0 Å². The Morgan fingerprint density at radius 3 is 2.42 bits per heavy atom. The summed E-state index contributed by atoms with van der Waals surface area (Å²) in [5, 5.41) is 6.43. The van der Waals surface area contributed by atoms with E-state index < -0.39 is 0 Å². The van der Waals surface area contributed by atoms with Crippen molar-refractivity contribution in [3.05, 3.63) is 64.2 Å². The average Bonchev–Trinajstić information content (AvgIpc) is 2.60. The predicted molar refractivity (Wildman–Crippen MR) is 107 cm³/mol. The van der Waals surface area contributed by atoms with Crippen LogP contribution in [0.1, 0.15) is 54.1 Å². The summed E-state index contributed by atoms with van der Waals surface area (Å²) in [5.41, 5.74) is 3.65. The van der Waals surface area contributed by atoms with Crippen LogP contribution in [0, 0.1) is 6.92 Å². The van der Waals surface area contributed by atoms with Crippen molar-refractivity contribution in [1.29, 1.82) is 0 Å². The van der Waals surface area contributed by atoms with Gasteiger partial charge in [0.15, 0.2) is 0 Å². The topological polar surface area (TPSA) is 58.2 Å². The van der Waals surface area contributed by atoms with Gasteiger partial charge in [0.25, 0.3) is 5.91 Å². The highest BCUT2D eigenvalue weighted by Gasteiger charge is 2.12. The number of anilines is 1. The first-order valence-electron chi connectivity index (χ1n) is 8.81. The van der Waals surface area contributed by atoms with Gasteiger partial charge < -0.3 is 10.6 Å². The second kappa shape index (κ2) is 9.39. The lowest BCUT2D eigenvalue weighted by Gasteiger charge is -2.16. The van der Waals surface area contributed by atoms with E-state index in [1.807, 2.05) is 25.1 Å². The second-order valence-corrected chi connectivity index (χ2v) is 7.04. The van der Waals surface area contributed by atoms with Crippen LogP contribution in [0.4, 0.5) is 5.69 Å². The van der Waals surface area contributed by atoms with Crippen LogP contribution in [-0.4, -0.2) is 18.4 Å². The number of amides is 2. The maximum atomic E-state index is 12.3. The van der Waals surface area contributed by atoms with Crippen LogP contribution in [0.2, 0.25) is 5.02 Å². The van der Waals surface area contributed by atoms with Crippen LogP contribution in [-0.2, 0) is 4.79 Å². The molecule has 0 saturated carbocycles. The van der Waals surface area contributed by atoms with Gasteiger partial charge >= 0.3 is 0 Å². The molecule has 2 N–H and O–H groups in total. The highest BCUT2D eigenvalue weighted by Crippen LogP contribution is 2.27. The number of halogens is 1. The van der Waals surface area contributed by atoms with Gasteiger partial charge in [-0.15, -0.1) is 0 Å². The summed E-state index contributed by atoms with van der Waals surface area (Å²) in [4.78, 5) is 24.3. The minimum atomic E-state index is -0.164. The minimum Gasteiger partial charge on any atom is -0.352 e. The van der Waals surface area contributed by atoms with Gasteiger partial charge in [0, 0.05) is 29.2 Å². The number of para-hydroxylation sites is 1. The van der Waals surface area contributed by atoms with E-state index in [0.717, 1.165) is 16.8 Å². The predicted octanol–water partition coefficient (Wildman–Crippen LogP) is 4.92. The Morgan fingerprint density at radius 1 is 1.08 bits per heavy atom. The quantitative estimate of drug-likeness (QED) is 0.677. The molecule has 4 nitrogen and oxygen atoms in total. The molecule has 2 amide bonds. The SMILES string of the molecule is Cc1cccc(C(C)C)c1NC(=O)CCCNC(=O)c1ccc(Cl)cc1. The third-order valence-electron chi connectivity index (χ3n) is 4.16. The van der Waals surface area contributed by atoms with E-state index in [2.05, 4.69) is 24.5 Å². The zero-order valence-corrected chi connectivity index (χ0v) is 16.2. The summed E-state index contributed by atoms with van der Waals surface area (Å²) in [5.74, 6) is 0.133. The molecule has 0 aliphatic heterocycles. The largest absolute Gasteiger partial charge is 0.352 e. The molecule has 0 bridgehead atoms. The standard InChI is InChI=1S/C21H25ClN2O2/c1-14(2)18-7-4-6-15(3)20(18)24-19(25)8-5-13-23-21(26)16-9-11-17(22)12-10-16/h4,6-7,9-12,14H,5,8,13H2,1-3H3,(H,23,26)(H,24,25). The maximum absolute atomic E-state index is 12.3. The van der Waals surface area contributed by atoms with Crippen LogP contribution in [0.15, 0.2) is 42.5 Å². The van der Waals surface area contributed by atoms with Crippen molar-refractivity contribution < 1.29 is 9.59 Å². The molecule has 5 heteroatoms. The molecule has 0 spiro atoms. The maximum Gasteiger partial charge on any atom is 0.251 e. The lowest BCUT2D eigenvalue weighted by atomic mass is 9.98. The van der Waals surface area contributed by atoms with Crippen molar-refractivity contribution in [2.75, 3.05) is 11.9 Å². The minimum absolute atomic E-state index is 0.0399. The summed E-state index contributed by atoms with van der Waals surface area (Å²) < 4.78 is 0. The van der Waals surface area contributed by atoms with E-state index in [9.17, 15) is 9.59 Å². The van der Waals surface area contributed by atoms with Gasteiger partial charge in [-0.2, -0.15) is 0 Å². The molecule has 0 unspecified atom stereocenters. The van der Waals surface area contributed by atoms with Crippen molar-refractivity contribution in [2.24, 2.45) is 0 Å². The Balaban J connectivity index is 1.81. The molecule has 0 heterocycles. The van der Waals surface area contributed by atoms with Gasteiger partial charge in [-0.1, -0.05) is 43.6 Å². The molecule has 0 aliphatic carbocycles. The normalized spacial score (nSPS) is 10.7. The number of hydrogen-bond donors (Lipinski definition) is 2. The van der Waals surface area contributed by atoms with Gasteiger partial charge in [0.2, 0.25) is 5.91 Å². The Hall–Kier alpha value is -2.33. The van der Waals surface area contributed by atoms with E-state index in [1.54, 1.807) is 24.3 Å². The molecule has 2 aromatic rings. The van der Waals surface area contributed by atoms with E-state index in [-0.39, 0.29) is 11.8 Å². The lowest BCUT2D eigenvalue weighted by Crippen LogP contribution is -2.25. The lowest BCUT2D eigenvalue weighted by molar-refractivity contribution is -0.116. The molecule has 26 heavy (non-hydrogen) atoms. The number of carbonyl (C=O) groups excluding carboxylic acids is 2. The van der Waals surface area contributed by atoms with Gasteiger partial charge in [0.1, 0.15) is 0 Å². The molecule has 0 aliphatic rings. The van der Waals surface area contributed by atoms with Gasteiger partial charge in [-0.25, -0.2) is 0 Å². The van der Waals surface area contributed by atoms with Gasteiger partial charge in [-0.05, 0) is 54.7 Å². The third-order valence-corrected chi connectivity index (χ3v) is 4.42. The molecular weight excluding hydrogens is 348 g/mol. The molecule has 2 aromatic carbocycles. The summed E-state index contributed by atoms with van der Waals surface area (Å²) in [6.07, 6.45) is 0.931. The molecule has 0 fully saturated rings. The average molecular weight is 373 g/mol. The van der Waals surface area contributed by atoms with Crippen molar-refractivity contribution in [3.8, 4) is 0 Å². The van der Waals surface area contributed by atoms with E-state index in [1.165, 1.54) is 0 Å². The fraction of sp³-hybridized carbons (Fsp3) is 0.333. The number of nitrogens with one attached hydrogen (secondary N) is 2. The first kappa shape index (κ1) is 20.0. The molecule has 2 rings (SSSR count). The monoisotopic (exact) mass is 372 g/mol. The van der Waals surface area contributed by atoms with Crippen molar-refractivity contribution in [1.82, 2.24) is 5.32 Å². The Labute approximate surface area is 159 Å². The number of rotatable bonds is 7. The zero-order chi connectivity index (χ0) is 19.1. The number of aryl methyl sites for hydroxylation is 1. The molecule has 0 radical (unpaired) electrons. The fourth-order valence-electron chi connectivity index (χ4n) is 2.70. The Morgan fingerprint density at radius 2 is 1.77 bits per heavy atom. The van der Waals surface area contributed by atoms with Crippen molar-refractivity contribution in [3.63, 3.8) is 0 Å². The van der Waals surface area contributed by atoms with Crippen molar-refractivity contribution in [2.45, 2.75) is 39.5 Å². The van der Waals surface area contributed by atoms with Crippen LogP contribution >= 0.6 is 11.6 Å². The van der Waals surface area contributed by atoms with Gasteiger partial charge in [0.05, 0.1) is 0 Å². The number of carbonyl (C=O) groups is 2. The van der Waals surface area contributed by atoms with Gasteiger partial charge in [-0.3, -0.25) is 9.59 Å². The van der Waals surface area contributed by atoms with Crippen LogP contribution < -0.4 is 10.6 Å². The third kappa shape index (κ3) is 5.60. The summed E-state index contributed by atoms with van der Waals surface area (Å²) >= 11 is 5.81.